The van der Waals surface area contributed by atoms with Crippen LogP contribution in [0.1, 0.15) is 46.2 Å². The summed E-state index contributed by atoms with van der Waals surface area (Å²) in [7, 11) is 0. The molecular formula is C23H20BrN5O2S. The molecule has 7 nitrogen and oxygen atoms in total. The summed E-state index contributed by atoms with van der Waals surface area (Å²) in [6.07, 6.45) is 3.93. The highest BCUT2D eigenvalue weighted by Gasteiger charge is 2.53. The molecule has 2 aliphatic rings. The number of hydrogen-bond donors (Lipinski definition) is 4. The van der Waals surface area contributed by atoms with Gasteiger partial charge in [0.15, 0.2) is 0 Å². The Morgan fingerprint density at radius 3 is 2.75 bits per heavy atom. The Hall–Kier alpha value is -2.91. The van der Waals surface area contributed by atoms with Crippen LogP contribution in [-0.2, 0) is 16.6 Å². The van der Waals surface area contributed by atoms with Crippen molar-refractivity contribution >= 4 is 49.3 Å². The minimum atomic E-state index is -0.542. The molecule has 0 radical (unpaired) electrons. The Balaban J connectivity index is 1.25. The normalized spacial score (nSPS) is 20.8. The van der Waals surface area contributed by atoms with Gasteiger partial charge in [-0.05, 0) is 64.5 Å². The minimum Gasteiger partial charge on any atom is -0.350 e. The van der Waals surface area contributed by atoms with Gasteiger partial charge in [0.05, 0.1) is 37.2 Å². The predicted octanol–water partition coefficient (Wildman–Crippen LogP) is 3.96. The Morgan fingerprint density at radius 2 is 2.00 bits per heavy atom. The molecule has 0 spiro atoms. The van der Waals surface area contributed by atoms with Gasteiger partial charge in [0, 0.05) is 6.20 Å². The van der Waals surface area contributed by atoms with Gasteiger partial charge >= 0.3 is 0 Å². The third-order valence-electron chi connectivity index (χ3n) is 6.56. The number of halogens is 1. The lowest BCUT2D eigenvalue weighted by Gasteiger charge is -2.25. The number of hydrogen-bond acceptors (Lipinski definition) is 4. The van der Waals surface area contributed by atoms with Crippen LogP contribution in [0.25, 0.3) is 10.2 Å². The molecule has 4 aromatic rings. The number of aromatic amines is 2. The molecule has 1 fully saturated rings. The van der Waals surface area contributed by atoms with Crippen molar-refractivity contribution in [1.29, 1.82) is 0 Å². The van der Waals surface area contributed by atoms with Gasteiger partial charge in [-0.15, -0.1) is 11.3 Å². The molecule has 9 heteroatoms. The molecule has 2 aliphatic carbocycles. The number of rotatable bonds is 5. The van der Waals surface area contributed by atoms with Gasteiger partial charge in [-0.3, -0.25) is 14.7 Å². The second-order valence-electron chi connectivity index (χ2n) is 8.50. The maximum Gasteiger partial charge on any atom is 0.268 e. The van der Waals surface area contributed by atoms with Crippen LogP contribution < -0.4 is 10.6 Å². The molecule has 4 N–H and O–H groups in total. The number of fused-ring (bicyclic) bond motifs is 2. The summed E-state index contributed by atoms with van der Waals surface area (Å²) in [6.45, 7) is 0. The first-order valence-corrected chi connectivity index (χ1v) is 12.1. The molecule has 1 aromatic carbocycles. The van der Waals surface area contributed by atoms with E-state index in [1.807, 2.05) is 36.4 Å². The zero-order valence-corrected chi connectivity index (χ0v) is 19.3. The van der Waals surface area contributed by atoms with Crippen molar-refractivity contribution in [2.75, 3.05) is 0 Å². The topological polar surface area (TPSA) is 103 Å². The van der Waals surface area contributed by atoms with Gasteiger partial charge in [0.2, 0.25) is 5.91 Å². The van der Waals surface area contributed by atoms with E-state index in [0.717, 1.165) is 43.7 Å². The van der Waals surface area contributed by atoms with Gasteiger partial charge in [0.1, 0.15) is 5.69 Å². The summed E-state index contributed by atoms with van der Waals surface area (Å²) in [5, 5.41) is 13.4. The number of nitrogens with zero attached hydrogens (tertiary/aromatic N) is 1. The van der Waals surface area contributed by atoms with Crippen LogP contribution in [0.4, 0.5) is 0 Å². The third kappa shape index (κ3) is 3.18. The molecule has 3 aromatic heterocycles. The van der Waals surface area contributed by atoms with Gasteiger partial charge in [-0.1, -0.05) is 24.3 Å². The van der Waals surface area contributed by atoms with Crippen molar-refractivity contribution in [2.24, 2.45) is 0 Å². The summed E-state index contributed by atoms with van der Waals surface area (Å²) in [5.41, 5.74) is 3.96. The van der Waals surface area contributed by atoms with E-state index < -0.39 is 5.41 Å². The zero-order chi connectivity index (χ0) is 21.9. The van der Waals surface area contributed by atoms with Crippen LogP contribution in [0.2, 0.25) is 0 Å². The SMILES string of the molecule is O=C(N[C@@H]1Cc2ccccc2[C@H]1NC(=O)C1(c2ccn[nH]2)CC1)c1cc2sc(Br)cc2[nH]1. The van der Waals surface area contributed by atoms with Crippen molar-refractivity contribution < 1.29 is 9.59 Å². The van der Waals surface area contributed by atoms with E-state index in [-0.39, 0.29) is 23.9 Å². The van der Waals surface area contributed by atoms with Gasteiger partial charge in [0.25, 0.3) is 5.91 Å². The van der Waals surface area contributed by atoms with Crippen molar-refractivity contribution in [3.05, 3.63) is 75.0 Å². The van der Waals surface area contributed by atoms with E-state index in [9.17, 15) is 9.59 Å². The molecule has 2 atom stereocenters. The first-order valence-electron chi connectivity index (χ1n) is 10.5. The van der Waals surface area contributed by atoms with Crippen molar-refractivity contribution in [3.8, 4) is 0 Å². The van der Waals surface area contributed by atoms with Crippen molar-refractivity contribution in [2.45, 2.75) is 36.8 Å². The highest BCUT2D eigenvalue weighted by molar-refractivity contribution is 9.11. The molecule has 162 valence electrons. The van der Waals surface area contributed by atoms with Crippen LogP contribution in [0.15, 0.2) is 52.4 Å². The Labute approximate surface area is 196 Å². The number of carbonyl (C=O) groups is 2. The van der Waals surface area contributed by atoms with Gasteiger partial charge in [-0.25, -0.2) is 0 Å². The number of nitrogens with one attached hydrogen (secondary N) is 4. The summed E-state index contributed by atoms with van der Waals surface area (Å²) in [5.74, 6) is -0.191. The fraction of sp³-hybridized carbons (Fsp3) is 0.261. The van der Waals surface area contributed by atoms with E-state index in [1.165, 1.54) is 0 Å². The van der Waals surface area contributed by atoms with Crippen LogP contribution in [0.5, 0.6) is 0 Å². The molecule has 0 unspecified atom stereocenters. The molecule has 6 rings (SSSR count). The monoisotopic (exact) mass is 509 g/mol. The second kappa shape index (κ2) is 7.31. The lowest BCUT2D eigenvalue weighted by atomic mass is 9.99. The number of carbonyl (C=O) groups excluding carboxylic acids is 2. The zero-order valence-electron chi connectivity index (χ0n) is 16.9. The van der Waals surface area contributed by atoms with Crippen LogP contribution in [0, 0.1) is 0 Å². The van der Waals surface area contributed by atoms with Gasteiger partial charge in [-0.2, -0.15) is 5.10 Å². The predicted molar refractivity (Wildman–Crippen MR) is 126 cm³/mol. The molecule has 3 heterocycles. The Morgan fingerprint density at radius 1 is 1.16 bits per heavy atom. The Kier molecular flexibility index (Phi) is 4.51. The first kappa shape index (κ1) is 19.8. The first-order chi connectivity index (χ1) is 15.5. The number of amides is 2. The van der Waals surface area contributed by atoms with E-state index in [0.29, 0.717) is 12.1 Å². The number of H-pyrrole nitrogens is 2. The summed E-state index contributed by atoms with van der Waals surface area (Å²) < 4.78 is 2.04. The van der Waals surface area contributed by atoms with Crippen LogP contribution in [-0.4, -0.2) is 33.0 Å². The lowest BCUT2D eigenvalue weighted by Crippen LogP contribution is -2.47. The number of thiophene rings is 1. The largest absolute Gasteiger partial charge is 0.350 e. The fourth-order valence-corrected chi connectivity index (χ4v) is 6.25. The standard InChI is InChI=1S/C23H20BrN5O2S/c24-19-11-14-17(32-19)10-16(26-14)21(30)27-15-9-12-3-1-2-4-13(12)20(15)28-22(31)23(6-7-23)18-5-8-25-29-18/h1-5,8,10-11,15,20,26H,6-7,9H2,(H,25,29)(H,27,30)(H,28,31)/t15-,20-/m1/s1. The molecule has 2 amide bonds. The van der Waals surface area contributed by atoms with Crippen LogP contribution >= 0.6 is 27.3 Å². The quantitative estimate of drug-likeness (QED) is 0.327. The minimum absolute atomic E-state index is 0.0204. The Bertz CT molecular complexity index is 1310. The molecular weight excluding hydrogens is 490 g/mol. The van der Waals surface area contributed by atoms with E-state index in [1.54, 1.807) is 17.5 Å². The number of benzene rings is 1. The van der Waals surface area contributed by atoms with Gasteiger partial charge < -0.3 is 15.6 Å². The van der Waals surface area contributed by atoms with E-state index in [2.05, 4.69) is 47.8 Å². The summed E-state index contributed by atoms with van der Waals surface area (Å²) >= 11 is 5.05. The summed E-state index contributed by atoms with van der Waals surface area (Å²) in [6, 6.07) is 13.2. The third-order valence-corrected chi connectivity index (χ3v) is 8.14. The second-order valence-corrected chi connectivity index (χ2v) is 11.0. The molecule has 0 bridgehead atoms. The smallest absolute Gasteiger partial charge is 0.268 e. The molecule has 1 saturated carbocycles. The van der Waals surface area contributed by atoms with E-state index in [4.69, 9.17) is 0 Å². The molecule has 32 heavy (non-hydrogen) atoms. The highest BCUT2D eigenvalue weighted by Crippen LogP contribution is 2.48. The van der Waals surface area contributed by atoms with Crippen molar-refractivity contribution in [3.63, 3.8) is 0 Å². The summed E-state index contributed by atoms with van der Waals surface area (Å²) in [4.78, 5) is 29.6. The molecule has 0 saturated heterocycles. The van der Waals surface area contributed by atoms with E-state index >= 15 is 0 Å². The van der Waals surface area contributed by atoms with Crippen LogP contribution in [0.3, 0.4) is 0 Å². The lowest BCUT2D eigenvalue weighted by molar-refractivity contribution is -0.124. The maximum absolute atomic E-state index is 13.3. The number of aromatic nitrogens is 3. The molecule has 0 aliphatic heterocycles. The average Bonchev–Trinajstić information content (AvgIpc) is 3.12. The fourth-order valence-electron chi connectivity index (χ4n) is 4.71. The maximum atomic E-state index is 13.3. The average molecular weight is 510 g/mol. The highest BCUT2D eigenvalue weighted by atomic mass is 79.9. The van der Waals surface area contributed by atoms with Crippen molar-refractivity contribution in [1.82, 2.24) is 25.8 Å².